The molecule has 7 N–H and O–H groups in total. The minimum Gasteiger partial charge on any atom is -0.379 e. The molecule has 0 spiro atoms. The third kappa shape index (κ3) is 12.5. The monoisotopic (exact) mass is 1110 g/mol. The Morgan fingerprint density at radius 2 is 1.50 bits per heavy atom. The number of benzene rings is 1. The van der Waals surface area contributed by atoms with Crippen molar-refractivity contribution in [3.05, 3.63) is 229 Å². The molecule has 17 heteroatoms. The predicted molar refractivity (Wildman–Crippen MR) is 328 cm³/mol. The van der Waals surface area contributed by atoms with Gasteiger partial charge in [0, 0.05) is 57.1 Å². The van der Waals surface area contributed by atoms with E-state index in [0.29, 0.717) is 11.4 Å². The molecule has 10 heterocycles. The lowest BCUT2D eigenvalue weighted by molar-refractivity contribution is 0.449. The van der Waals surface area contributed by atoms with Crippen molar-refractivity contribution in [2.45, 2.75) is 46.2 Å². The first kappa shape index (κ1) is 54.7. The topological polar surface area (TPSA) is 163 Å². The second-order valence-corrected chi connectivity index (χ2v) is 22.0. The minimum atomic E-state index is 0.0330. The summed E-state index contributed by atoms with van der Waals surface area (Å²) in [5.74, 6) is 0. The van der Waals surface area contributed by atoms with Crippen molar-refractivity contribution in [1.29, 1.82) is 0 Å². The zero-order valence-corrected chi connectivity index (χ0v) is 47.4. The minimum absolute atomic E-state index is 0.0330. The fraction of sp³-hybridized carbons (Fsp3) is 0.164. The Kier molecular flexibility index (Phi) is 17.5. The number of H-pyrrole nitrogens is 3. The molecule has 2 atom stereocenters. The number of dihydropyridines is 1. The summed E-state index contributed by atoms with van der Waals surface area (Å²) in [6.07, 6.45) is 18.4. The summed E-state index contributed by atoms with van der Waals surface area (Å²) in [5.41, 5.74) is 18.3. The van der Waals surface area contributed by atoms with E-state index in [0.717, 1.165) is 122 Å². The van der Waals surface area contributed by atoms with Gasteiger partial charge in [-0.3, -0.25) is 15.2 Å². The summed E-state index contributed by atoms with van der Waals surface area (Å²) < 4.78 is 1.55. The van der Waals surface area contributed by atoms with Crippen LogP contribution in [0.3, 0.4) is 0 Å². The number of rotatable bonds is 16. The van der Waals surface area contributed by atoms with E-state index in [-0.39, 0.29) is 12.1 Å². The Labute approximate surface area is 473 Å². The number of fused-ring (bicyclic) bond motifs is 3. The lowest BCUT2D eigenvalue weighted by Gasteiger charge is -2.24. The molecule has 396 valence electrons. The lowest BCUT2D eigenvalue weighted by atomic mass is 10.0. The van der Waals surface area contributed by atoms with Gasteiger partial charge in [0.25, 0.3) is 0 Å². The van der Waals surface area contributed by atoms with Crippen LogP contribution >= 0.6 is 45.9 Å². The van der Waals surface area contributed by atoms with E-state index in [9.17, 15) is 0 Å². The van der Waals surface area contributed by atoms with Gasteiger partial charge in [-0.2, -0.15) is 10.2 Å². The lowest BCUT2D eigenvalue weighted by Crippen LogP contribution is -2.24. The van der Waals surface area contributed by atoms with Crippen LogP contribution in [0.1, 0.15) is 77.7 Å². The molecule has 78 heavy (non-hydrogen) atoms. The molecule has 0 amide bonds. The van der Waals surface area contributed by atoms with Crippen molar-refractivity contribution in [3.63, 3.8) is 0 Å². The largest absolute Gasteiger partial charge is 0.379 e. The molecule has 0 saturated carbocycles. The van der Waals surface area contributed by atoms with Crippen LogP contribution < -0.4 is 21.3 Å². The molecule has 9 aromatic rings. The molecule has 0 fully saturated rings. The first-order valence-electron chi connectivity index (χ1n) is 25.5. The maximum Gasteiger partial charge on any atom is 0.135 e. The summed E-state index contributed by atoms with van der Waals surface area (Å²) >= 11 is 15.5. The molecule has 11 rings (SSSR count). The Morgan fingerprint density at radius 1 is 0.795 bits per heavy atom. The van der Waals surface area contributed by atoms with Gasteiger partial charge in [0.15, 0.2) is 0 Å². The number of anilines is 1. The average Bonchev–Trinajstić information content (AvgIpc) is 4.36. The van der Waals surface area contributed by atoms with Gasteiger partial charge in [-0.25, -0.2) is 9.97 Å². The highest BCUT2D eigenvalue weighted by atomic mass is 35.5. The number of allylic oxidation sites excluding steroid dienone is 5. The Balaban J connectivity index is 0.000000186. The number of pyridine rings is 3. The van der Waals surface area contributed by atoms with Gasteiger partial charge >= 0.3 is 0 Å². The van der Waals surface area contributed by atoms with Crippen LogP contribution in [-0.2, 0) is 6.42 Å². The van der Waals surface area contributed by atoms with E-state index in [1.165, 1.54) is 10.4 Å². The SMILES string of the molecule is C=C(Cc1ccccc1)Nc1cncc(-c2ccc3[nH]nc(C(=C)NC4=C(C)C(c5ccc(Cl)s5)NC=C4)c3n2)c1.C=C/C(=C\C(=C/C)c1ccc2[nH]nc(-c3cc4c([nH]3)C=CNC4c3ccc(Cl)s3)c2n1)CN(C)C.CC. The molecular weight excluding hydrogens is 1050 g/mol. The number of halogens is 2. The molecule has 2 aliphatic rings. The highest BCUT2D eigenvalue weighted by molar-refractivity contribution is 7.16. The average molecular weight is 1110 g/mol. The van der Waals surface area contributed by atoms with Gasteiger partial charge in [-0.1, -0.05) is 99.3 Å². The molecule has 2 unspecified atom stereocenters. The van der Waals surface area contributed by atoms with E-state index in [2.05, 4.69) is 120 Å². The summed E-state index contributed by atoms with van der Waals surface area (Å²) in [6, 6.07) is 30.4. The number of aromatic nitrogens is 8. The van der Waals surface area contributed by atoms with Gasteiger partial charge in [0.2, 0.25) is 0 Å². The number of nitrogens with zero attached hydrogens (tertiary/aromatic N) is 6. The Hall–Kier alpha value is -8.05. The molecule has 0 saturated heterocycles. The fourth-order valence-corrected chi connectivity index (χ4v) is 11.4. The summed E-state index contributed by atoms with van der Waals surface area (Å²) in [7, 11) is 4.10. The van der Waals surface area contributed by atoms with Crippen LogP contribution in [0.15, 0.2) is 182 Å². The molecule has 13 nitrogen and oxygen atoms in total. The number of hydrogen-bond donors (Lipinski definition) is 7. The number of thiophene rings is 2. The van der Waals surface area contributed by atoms with Crippen molar-refractivity contribution < 1.29 is 0 Å². The normalized spacial score (nSPS) is 15.0. The Morgan fingerprint density at radius 3 is 2.22 bits per heavy atom. The van der Waals surface area contributed by atoms with Crippen molar-refractivity contribution in [3.8, 4) is 22.6 Å². The van der Waals surface area contributed by atoms with E-state index in [1.54, 1.807) is 35.1 Å². The first-order valence-corrected chi connectivity index (χ1v) is 27.8. The van der Waals surface area contributed by atoms with Crippen molar-refractivity contribution in [2.24, 2.45) is 0 Å². The van der Waals surface area contributed by atoms with E-state index in [1.807, 2.05) is 132 Å². The second kappa shape index (κ2) is 25.0. The number of hydrogen-bond acceptors (Lipinski definition) is 12. The van der Waals surface area contributed by atoms with Gasteiger partial charge < -0.3 is 31.2 Å². The highest BCUT2D eigenvalue weighted by Gasteiger charge is 2.25. The van der Waals surface area contributed by atoms with Gasteiger partial charge in [-0.05, 0) is 142 Å². The first-order chi connectivity index (χ1) is 37.9. The smallest absolute Gasteiger partial charge is 0.135 e. The third-order valence-electron chi connectivity index (χ3n) is 12.8. The molecule has 2 aliphatic heterocycles. The molecule has 0 aliphatic carbocycles. The quantitative estimate of drug-likeness (QED) is 0.0464. The van der Waals surface area contributed by atoms with Crippen molar-refractivity contribution in [2.75, 3.05) is 26.0 Å². The summed E-state index contributed by atoms with van der Waals surface area (Å²) in [4.78, 5) is 22.4. The van der Waals surface area contributed by atoms with Gasteiger partial charge in [0.05, 0.1) is 66.5 Å². The summed E-state index contributed by atoms with van der Waals surface area (Å²) in [5, 5.41) is 29.1. The maximum atomic E-state index is 6.20. The second-order valence-electron chi connectivity index (χ2n) is 18.5. The van der Waals surface area contributed by atoms with Crippen LogP contribution in [-0.4, -0.2) is 65.9 Å². The van der Waals surface area contributed by atoms with E-state index >= 15 is 0 Å². The molecule has 8 aromatic heterocycles. The van der Waals surface area contributed by atoms with Gasteiger partial charge in [0.1, 0.15) is 22.4 Å². The van der Waals surface area contributed by atoms with Crippen LogP contribution in [0.2, 0.25) is 8.67 Å². The molecular formula is C61H61Cl2N13S2. The maximum absolute atomic E-state index is 6.20. The number of aromatic amines is 3. The Bertz CT molecular complexity index is 3790. The fourth-order valence-electron chi connectivity index (χ4n) is 9.10. The van der Waals surface area contributed by atoms with Crippen LogP contribution in [0, 0.1) is 0 Å². The third-order valence-corrected chi connectivity index (χ3v) is 15.4. The van der Waals surface area contributed by atoms with Crippen molar-refractivity contribution >= 4 is 91.0 Å². The van der Waals surface area contributed by atoms with Crippen LogP contribution in [0.25, 0.3) is 62.1 Å². The van der Waals surface area contributed by atoms with E-state index in [4.69, 9.17) is 33.2 Å². The standard InChI is InChI=1S/C32H28ClN7S.C27H27ClN6S.C2H6/c1-19(15-22-7-5-4-6-8-22)36-24-16-23(17-34-18-24)26-9-10-27-32(38-26)31(40-39-27)21(3)37-25-13-14-35-30(20(25)2)28-11-12-29(33)41-28;1-5-16(15-34(3)4)13-17(6-2)19-7-8-21-26(31-19)27(33-32-21)22-14-18-20(30-22)11-12-29-25(18)23-9-10-24(28)35-23;1-2/h4-14,16-18,30,35-37H,1,3,15H2,2H3,(H,39,40);5-14,25,29-30H,1,15H2,2-4H3,(H,32,33);1-2H3/b;16-13+,17-6+;. The summed E-state index contributed by atoms with van der Waals surface area (Å²) in [6.45, 7) is 21.4. The number of nitrogens with one attached hydrogen (secondary N) is 7. The van der Waals surface area contributed by atoms with E-state index < -0.39 is 0 Å². The molecule has 0 bridgehead atoms. The highest BCUT2D eigenvalue weighted by Crippen LogP contribution is 2.39. The van der Waals surface area contributed by atoms with Crippen LogP contribution in [0.4, 0.5) is 5.69 Å². The zero-order chi connectivity index (χ0) is 54.9. The van der Waals surface area contributed by atoms with Crippen molar-refractivity contribution in [1.82, 2.24) is 61.2 Å². The molecule has 0 radical (unpaired) electrons. The molecule has 1 aromatic carbocycles. The predicted octanol–water partition coefficient (Wildman–Crippen LogP) is 15.0. The van der Waals surface area contributed by atoms with Crippen LogP contribution in [0.5, 0.6) is 0 Å². The number of likely N-dealkylation sites (N-methyl/N-ethyl adjacent to an activating group) is 1. The van der Waals surface area contributed by atoms with Gasteiger partial charge in [-0.15, -0.1) is 22.7 Å². The zero-order valence-electron chi connectivity index (χ0n) is 44.3.